The van der Waals surface area contributed by atoms with Gasteiger partial charge in [0, 0.05) is 6.54 Å². The van der Waals surface area contributed by atoms with Crippen LogP contribution in [0.4, 0.5) is 13.2 Å². The molecule has 166 valence electrons. The zero-order chi connectivity index (χ0) is 22.3. The average molecular weight is 444 g/mol. The first-order valence-corrected chi connectivity index (χ1v) is 10.2. The monoisotopic (exact) mass is 444 g/mol. The molecule has 4 heterocycles. The topological polar surface area (TPSA) is 86.0 Å². The Morgan fingerprint density at radius 3 is 2.53 bits per heavy atom. The van der Waals surface area contributed by atoms with Crippen molar-refractivity contribution in [2.24, 2.45) is 5.92 Å². The van der Waals surface area contributed by atoms with E-state index in [0.717, 1.165) is 19.0 Å². The van der Waals surface area contributed by atoms with Crippen LogP contribution in [0, 0.1) is 5.92 Å². The van der Waals surface area contributed by atoms with Gasteiger partial charge in [-0.1, -0.05) is 12.1 Å². The molecule has 1 saturated carbocycles. The number of alkyl halides is 3. The second-order valence-electron chi connectivity index (χ2n) is 7.93. The van der Waals surface area contributed by atoms with Crippen LogP contribution in [0.3, 0.4) is 0 Å². The number of piperidine rings is 2. The van der Waals surface area contributed by atoms with Crippen LogP contribution in [0.2, 0.25) is 0 Å². The Bertz CT molecular complexity index is 1100. The van der Waals surface area contributed by atoms with Gasteiger partial charge in [0.2, 0.25) is 5.88 Å². The van der Waals surface area contributed by atoms with E-state index in [-0.39, 0.29) is 29.9 Å². The zero-order valence-electron chi connectivity index (χ0n) is 16.8. The van der Waals surface area contributed by atoms with E-state index >= 15 is 0 Å². The third-order valence-corrected chi connectivity index (χ3v) is 5.94. The molecule has 8 nitrogen and oxygen atoms in total. The maximum Gasteiger partial charge on any atom is 0.434 e. The number of hydrogen-bond donors (Lipinski definition) is 0. The van der Waals surface area contributed by atoms with E-state index in [4.69, 9.17) is 4.74 Å². The first-order chi connectivity index (χ1) is 15.4. The van der Waals surface area contributed by atoms with E-state index in [2.05, 4.69) is 20.2 Å². The van der Waals surface area contributed by atoms with Gasteiger partial charge in [-0.3, -0.25) is 4.79 Å². The van der Waals surface area contributed by atoms with Gasteiger partial charge in [-0.05, 0) is 37.3 Å². The minimum absolute atomic E-state index is 0.0177. The summed E-state index contributed by atoms with van der Waals surface area (Å²) in [5.41, 5.74) is -0.0185. The molecule has 0 N–H and O–H groups in total. The van der Waals surface area contributed by atoms with Crippen molar-refractivity contribution in [2.45, 2.75) is 37.6 Å². The highest BCUT2D eigenvalue weighted by molar-refractivity contribution is 5.98. The smallest absolute Gasteiger partial charge is 0.434 e. The quantitative estimate of drug-likeness (QED) is 0.615. The Morgan fingerprint density at radius 1 is 1.06 bits per heavy atom. The highest BCUT2D eigenvalue weighted by Crippen LogP contribution is 2.38. The molecule has 32 heavy (non-hydrogen) atoms. The number of fused-ring (bicyclic) bond motifs is 3. The maximum atomic E-state index is 13.5. The summed E-state index contributed by atoms with van der Waals surface area (Å²) in [6.07, 6.45) is 2.22. The average Bonchev–Trinajstić information content (AvgIpc) is 3.33. The molecule has 2 aromatic heterocycles. The van der Waals surface area contributed by atoms with Gasteiger partial charge >= 0.3 is 6.18 Å². The molecule has 0 radical (unpaired) electrons. The summed E-state index contributed by atoms with van der Waals surface area (Å²) in [6.45, 7) is 0.600. The number of aromatic nitrogens is 5. The number of carbonyl (C=O) groups is 1. The standard InChI is InChI=1S/C21H19F3N6O2/c22-21(23,24)18-10-26-19(11-25-18)32-17-9-13-5-6-16(17)29(12-13)20(31)14-3-1-2-4-15(14)30-27-7-8-28-30/h1-4,7-8,10-11,13,16-17H,5-6,9,12H2. The molecular weight excluding hydrogens is 425 g/mol. The molecular formula is C21H19F3N6O2. The Morgan fingerprint density at radius 2 is 1.84 bits per heavy atom. The van der Waals surface area contributed by atoms with Crippen molar-refractivity contribution in [3.8, 4) is 11.6 Å². The SMILES string of the molecule is O=C(c1ccccc1-n1nccn1)N1CC2CCC1C(Oc1cnc(C(F)(F)F)cn1)C2. The van der Waals surface area contributed by atoms with E-state index in [9.17, 15) is 18.0 Å². The number of nitrogens with zero attached hydrogens (tertiary/aromatic N) is 6. The van der Waals surface area contributed by atoms with E-state index in [1.165, 1.54) is 4.80 Å². The zero-order valence-corrected chi connectivity index (χ0v) is 16.8. The Hall–Kier alpha value is -3.50. The van der Waals surface area contributed by atoms with Crippen LogP contribution in [-0.4, -0.2) is 54.5 Å². The fourth-order valence-corrected chi connectivity index (χ4v) is 4.49. The van der Waals surface area contributed by atoms with Gasteiger partial charge in [-0.15, -0.1) is 0 Å². The van der Waals surface area contributed by atoms with Crippen LogP contribution in [-0.2, 0) is 6.18 Å². The van der Waals surface area contributed by atoms with Gasteiger partial charge in [0.05, 0.1) is 42.1 Å². The van der Waals surface area contributed by atoms with Gasteiger partial charge in [-0.25, -0.2) is 9.97 Å². The number of carbonyl (C=O) groups excluding carboxylic acids is 1. The predicted molar refractivity (Wildman–Crippen MR) is 105 cm³/mol. The molecule has 3 unspecified atom stereocenters. The molecule has 3 fully saturated rings. The van der Waals surface area contributed by atoms with Gasteiger partial charge in [-0.2, -0.15) is 28.2 Å². The lowest BCUT2D eigenvalue weighted by Crippen LogP contribution is -2.59. The van der Waals surface area contributed by atoms with Crippen molar-refractivity contribution in [3.05, 3.63) is 60.3 Å². The van der Waals surface area contributed by atoms with Crippen molar-refractivity contribution in [2.75, 3.05) is 6.54 Å². The number of hydrogen-bond acceptors (Lipinski definition) is 6. The molecule has 3 aliphatic rings. The van der Waals surface area contributed by atoms with Crippen molar-refractivity contribution >= 4 is 5.91 Å². The van der Waals surface area contributed by atoms with Crippen LogP contribution in [0.5, 0.6) is 5.88 Å². The lowest BCUT2D eigenvalue weighted by molar-refractivity contribution is -0.141. The summed E-state index contributed by atoms with van der Waals surface area (Å²) in [5.74, 6) is 0.106. The number of amides is 1. The van der Waals surface area contributed by atoms with E-state index in [1.54, 1.807) is 35.5 Å². The maximum absolute atomic E-state index is 13.5. The summed E-state index contributed by atoms with van der Waals surface area (Å²) in [7, 11) is 0. The Balaban J connectivity index is 1.37. The molecule has 3 atom stereocenters. The van der Waals surface area contributed by atoms with Crippen molar-refractivity contribution in [1.29, 1.82) is 0 Å². The summed E-state index contributed by atoms with van der Waals surface area (Å²) in [5, 5.41) is 8.27. The van der Waals surface area contributed by atoms with E-state index in [1.807, 2.05) is 6.07 Å². The summed E-state index contributed by atoms with van der Waals surface area (Å²) in [6, 6.07) is 6.90. The second-order valence-corrected chi connectivity index (χ2v) is 7.93. The summed E-state index contributed by atoms with van der Waals surface area (Å²) in [4.78, 5) is 23.9. The highest BCUT2D eigenvalue weighted by atomic mass is 19.4. The highest BCUT2D eigenvalue weighted by Gasteiger charge is 2.45. The molecule has 6 rings (SSSR count). The van der Waals surface area contributed by atoms with Crippen LogP contribution >= 0.6 is 0 Å². The fraction of sp³-hybridized carbons (Fsp3) is 0.381. The van der Waals surface area contributed by atoms with Crippen molar-refractivity contribution in [1.82, 2.24) is 29.9 Å². The summed E-state index contributed by atoms with van der Waals surface area (Å²) < 4.78 is 44.1. The van der Waals surface area contributed by atoms with Crippen LogP contribution in [0.25, 0.3) is 5.69 Å². The lowest BCUT2D eigenvalue weighted by atomic mass is 9.77. The minimum Gasteiger partial charge on any atom is -0.471 e. The van der Waals surface area contributed by atoms with Gasteiger partial charge in [0.1, 0.15) is 6.10 Å². The normalized spacial score (nSPS) is 22.7. The number of ether oxygens (including phenoxy) is 1. The molecule has 2 bridgehead atoms. The number of benzene rings is 1. The molecule has 11 heteroatoms. The molecule has 1 aliphatic carbocycles. The van der Waals surface area contributed by atoms with Crippen molar-refractivity contribution < 1.29 is 22.7 Å². The van der Waals surface area contributed by atoms with E-state index in [0.29, 0.717) is 30.4 Å². The van der Waals surface area contributed by atoms with Gasteiger partial charge < -0.3 is 9.64 Å². The van der Waals surface area contributed by atoms with Crippen LogP contribution < -0.4 is 4.74 Å². The molecule has 1 amide bonds. The largest absolute Gasteiger partial charge is 0.471 e. The third kappa shape index (κ3) is 3.78. The molecule has 2 saturated heterocycles. The molecule has 0 spiro atoms. The Kier molecular flexibility index (Phi) is 5.03. The minimum atomic E-state index is -4.56. The van der Waals surface area contributed by atoms with Crippen LogP contribution in [0.1, 0.15) is 35.3 Å². The first-order valence-electron chi connectivity index (χ1n) is 10.2. The predicted octanol–water partition coefficient (Wildman–Crippen LogP) is 3.15. The number of para-hydroxylation sites is 1. The Labute approximate surface area is 181 Å². The first kappa shape index (κ1) is 20.4. The van der Waals surface area contributed by atoms with Crippen molar-refractivity contribution in [3.63, 3.8) is 0 Å². The molecule has 2 aliphatic heterocycles. The number of rotatable bonds is 4. The van der Waals surface area contributed by atoms with Gasteiger partial charge in [0.25, 0.3) is 5.91 Å². The third-order valence-electron chi connectivity index (χ3n) is 5.94. The molecule has 3 aromatic rings. The lowest BCUT2D eigenvalue weighted by Gasteiger charge is -2.49. The molecule has 1 aromatic carbocycles. The fourth-order valence-electron chi connectivity index (χ4n) is 4.49. The summed E-state index contributed by atoms with van der Waals surface area (Å²) >= 11 is 0. The number of halogens is 3. The second kappa shape index (κ2) is 7.88. The van der Waals surface area contributed by atoms with E-state index < -0.39 is 11.9 Å². The van der Waals surface area contributed by atoms with Crippen LogP contribution in [0.15, 0.2) is 49.1 Å². The van der Waals surface area contributed by atoms with Gasteiger partial charge in [0.15, 0.2) is 5.69 Å².